The van der Waals surface area contributed by atoms with Crippen LogP contribution in [0.4, 0.5) is 0 Å². The molecule has 1 heterocycles. The van der Waals surface area contributed by atoms with Gasteiger partial charge in [-0.15, -0.1) is 0 Å². The van der Waals surface area contributed by atoms with Gasteiger partial charge < -0.3 is 10.5 Å². The molecule has 0 aliphatic carbocycles. The Balaban J connectivity index is 2.00. The largest absolute Gasteiger partial charge is 0.497 e. The van der Waals surface area contributed by atoms with Crippen LogP contribution in [-0.4, -0.2) is 23.5 Å². The Labute approximate surface area is 101 Å². The van der Waals surface area contributed by atoms with Crippen LogP contribution >= 0.6 is 12.2 Å². The molecule has 1 aliphatic heterocycles. The van der Waals surface area contributed by atoms with Gasteiger partial charge in [-0.05, 0) is 23.3 Å². The summed E-state index contributed by atoms with van der Waals surface area (Å²) in [4.78, 5) is 2.94. The molecule has 2 rings (SSSR count). The SMILES string of the molecule is COc1ccc2c(c1)CN(CCC(N)=S)C2. The molecule has 1 aromatic carbocycles. The third-order valence-electron chi connectivity index (χ3n) is 2.88. The van der Waals surface area contributed by atoms with Gasteiger partial charge >= 0.3 is 0 Å². The highest BCUT2D eigenvalue weighted by molar-refractivity contribution is 7.80. The van der Waals surface area contributed by atoms with E-state index in [1.165, 1.54) is 11.1 Å². The number of benzene rings is 1. The molecule has 0 amide bonds. The van der Waals surface area contributed by atoms with Crippen molar-refractivity contribution < 1.29 is 4.74 Å². The molecule has 1 aromatic rings. The fourth-order valence-corrected chi connectivity index (χ4v) is 2.09. The molecule has 1 aliphatic rings. The fraction of sp³-hybridized carbons (Fsp3) is 0.417. The summed E-state index contributed by atoms with van der Waals surface area (Å²) < 4.78 is 5.21. The van der Waals surface area contributed by atoms with Crippen LogP contribution in [0.3, 0.4) is 0 Å². The van der Waals surface area contributed by atoms with Crippen molar-refractivity contribution in [2.75, 3.05) is 13.7 Å². The first kappa shape index (κ1) is 11.4. The lowest BCUT2D eigenvalue weighted by atomic mass is 10.1. The smallest absolute Gasteiger partial charge is 0.119 e. The number of nitrogens with two attached hydrogens (primary N) is 1. The summed E-state index contributed by atoms with van der Waals surface area (Å²) in [5.74, 6) is 0.926. The average molecular weight is 236 g/mol. The van der Waals surface area contributed by atoms with Gasteiger partial charge in [-0.3, -0.25) is 4.90 Å². The van der Waals surface area contributed by atoms with Crippen LogP contribution in [0, 0.1) is 0 Å². The molecule has 0 saturated carbocycles. The number of hydrogen-bond donors (Lipinski definition) is 1. The third kappa shape index (κ3) is 2.51. The van der Waals surface area contributed by atoms with Crippen LogP contribution in [0.15, 0.2) is 18.2 Å². The standard InChI is InChI=1S/C12H16N2OS/c1-15-11-3-2-9-7-14(5-4-12(13)16)8-10(9)6-11/h2-3,6H,4-5,7-8H2,1H3,(H2,13,16). The molecule has 4 heteroatoms. The summed E-state index contributed by atoms with van der Waals surface area (Å²) in [7, 11) is 1.70. The van der Waals surface area contributed by atoms with E-state index in [0.29, 0.717) is 4.99 Å². The predicted octanol–water partition coefficient (Wildman–Crippen LogP) is 1.69. The fourth-order valence-electron chi connectivity index (χ4n) is 1.99. The van der Waals surface area contributed by atoms with E-state index in [9.17, 15) is 0 Å². The Morgan fingerprint density at radius 1 is 1.44 bits per heavy atom. The number of methoxy groups -OCH3 is 1. The highest BCUT2D eigenvalue weighted by Crippen LogP contribution is 2.26. The minimum absolute atomic E-state index is 0.591. The van der Waals surface area contributed by atoms with E-state index in [1.54, 1.807) is 7.11 Å². The summed E-state index contributed by atoms with van der Waals surface area (Å²) in [5, 5.41) is 0. The van der Waals surface area contributed by atoms with Crippen molar-refractivity contribution >= 4 is 17.2 Å². The van der Waals surface area contributed by atoms with Crippen LogP contribution < -0.4 is 10.5 Å². The van der Waals surface area contributed by atoms with Gasteiger partial charge in [0.05, 0.1) is 12.1 Å². The second kappa shape index (κ2) is 4.80. The normalized spacial score (nSPS) is 14.8. The van der Waals surface area contributed by atoms with Crippen molar-refractivity contribution in [3.8, 4) is 5.75 Å². The van der Waals surface area contributed by atoms with Gasteiger partial charge in [0.1, 0.15) is 5.75 Å². The van der Waals surface area contributed by atoms with E-state index in [2.05, 4.69) is 17.0 Å². The van der Waals surface area contributed by atoms with Crippen molar-refractivity contribution in [1.29, 1.82) is 0 Å². The second-order valence-corrected chi connectivity index (χ2v) is 4.59. The highest BCUT2D eigenvalue weighted by Gasteiger charge is 2.18. The Kier molecular flexibility index (Phi) is 3.41. The van der Waals surface area contributed by atoms with E-state index in [0.717, 1.165) is 31.8 Å². The van der Waals surface area contributed by atoms with Crippen LogP contribution in [0.2, 0.25) is 0 Å². The predicted molar refractivity (Wildman–Crippen MR) is 68.5 cm³/mol. The first-order valence-corrected chi connectivity index (χ1v) is 5.76. The highest BCUT2D eigenvalue weighted by atomic mass is 32.1. The summed E-state index contributed by atoms with van der Waals surface area (Å²) in [6.07, 6.45) is 0.792. The maximum atomic E-state index is 5.51. The number of ether oxygens (including phenoxy) is 1. The topological polar surface area (TPSA) is 38.5 Å². The quantitative estimate of drug-likeness (QED) is 0.807. The van der Waals surface area contributed by atoms with Crippen LogP contribution in [-0.2, 0) is 13.1 Å². The molecule has 3 nitrogen and oxygen atoms in total. The monoisotopic (exact) mass is 236 g/mol. The van der Waals surface area contributed by atoms with Gasteiger partial charge in [-0.2, -0.15) is 0 Å². The average Bonchev–Trinajstić information content (AvgIpc) is 2.67. The lowest BCUT2D eigenvalue weighted by Gasteiger charge is -2.13. The third-order valence-corrected chi connectivity index (χ3v) is 3.08. The summed E-state index contributed by atoms with van der Waals surface area (Å²) in [5.41, 5.74) is 8.23. The number of thiocarbonyl (C=S) groups is 1. The minimum Gasteiger partial charge on any atom is -0.497 e. The number of nitrogens with zero attached hydrogens (tertiary/aromatic N) is 1. The van der Waals surface area contributed by atoms with Crippen LogP contribution in [0.25, 0.3) is 0 Å². The molecular weight excluding hydrogens is 220 g/mol. The van der Waals surface area contributed by atoms with E-state index in [1.807, 2.05) is 6.07 Å². The van der Waals surface area contributed by atoms with E-state index >= 15 is 0 Å². The maximum absolute atomic E-state index is 5.51. The van der Waals surface area contributed by atoms with Crippen molar-refractivity contribution in [3.05, 3.63) is 29.3 Å². The van der Waals surface area contributed by atoms with E-state index < -0.39 is 0 Å². The molecule has 0 spiro atoms. The lowest BCUT2D eigenvalue weighted by Crippen LogP contribution is -2.22. The van der Waals surface area contributed by atoms with Gasteiger partial charge in [0.15, 0.2) is 0 Å². The molecular formula is C12H16N2OS. The maximum Gasteiger partial charge on any atom is 0.119 e. The number of rotatable bonds is 4. The minimum atomic E-state index is 0.591. The van der Waals surface area contributed by atoms with Crippen molar-refractivity contribution in [3.63, 3.8) is 0 Å². The summed E-state index contributed by atoms with van der Waals surface area (Å²) >= 11 is 4.89. The molecule has 0 atom stereocenters. The molecule has 0 unspecified atom stereocenters. The molecule has 0 radical (unpaired) electrons. The summed E-state index contributed by atoms with van der Waals surface area (Å²) in [6, 6.07) is 6.25. The zero-order chi connectivity index (χ0) is 11.5. The van der Waals surface area contributed by atoms with Gasteiger partial charge in [-0.25, -0.2) is 0 Å². The zero-order valence-electron chi connectivity index (χ0n) is 9.40. The molecule has 0 fully saturated rings. The first-order valence-electron chi connectivity index (χ1n) is 5.35. The lowest BCUT2D eigenvalue weighted by molar-refractivity contribution is 0.293. The Morgan fingerprint density at radius 3 is 2.88 bits per heavy atom. The first-order chi connectivity index (χ1) is 7.69. The second-order valence-electron chi connectivity index (χ2n) is 4.06. The molecule has 86 valence electrons. The zero-order valence-corrected chi connectivity index (χ0v) is 10.2. The van der Waals surface area contributed by atoms with Gasteiger partial charge in [-0.1, -0.05) is 18.3 Å². The number of fused-ring (bicyclic) bond motifs is 1. The van der Waals surface area contributed by atoms with Gasteiger partial charge in [0.2, 0.25) is 0 Å². The Bertz CT molecular complexity index is 406. The van der Waals surface area contributed by atoms with Gasteiger partial charge in [0.25, 0.3) is 0 Å². The molecule has 0 saturated heterocycles. The van der Waals surface area contributed by atoms with Crippen LogP contribution in [0.5, 0.6) is 5.75 Å². The van der Waals surface area contributed by atoms with Crippen molar-refractivity contribution in [2.45, 2.75) is 19.5 Å². The Morgan fingerprint density at radius 2 is 2.19 bits per heavy atom. The van der Waals surface area contributed by atoms with E-state index in [4.69, 9.17) is 22.7 Å². The molecule has 0 bridgehead atoms. The van der Waals surface area contributed by atoms with Gasteiger partial charge in [0, 0.05) is 26.1 Å². The molecule has 2 N–H and O–H groups in total. The Hall–Kier alpha value is -1.13. The molecule has 0 aromatic heterocycles. The van der Waals surface area contributed by atoms with Crippen molar-refractivity contribution in [1.82, 2.24) is 4.90 Å². The number of hydrogen-bond acceptors (Lipinski definition) is 3. The van der Waals surface area contributed by atoms with Crippen LogP contribution in [0.1, 0.15) is 17.5 Å². The van der Waals surface area contributed by atoms with E-state index in [-0.39, 0.29) is 0 Å². The van der Waals surface area contributed by atoms with Crippen molar-refractivity contribution in [2.24, 2.45) is 5.73 Å². The summed E-state index contributed by atoms with van der Waals surface area (Å²) in [6.45, 7) is 2.89. The molecule has 16 heavy (non-hydrogen) atoms.